The summed E-state index contributed by atoms with van der Waals surface area (Å²) in [5, 5.41) is 6.08. The van der Waals surface area contributed by atoms with E-state index in [4.69, 9.17) is 0 Å². The van der Waals surface area contributed by atoms with Crippen LogP contribution in [0.1, 0.15) is 31.4 Å². The number of fused-ring (bicyclic) bond motifs is 1. The van der Waals surface area contributed by atoms with Gasteiger partial charge in [0, 0.05) is 25.2 Å². The molecule has 0 amide bonds. The van der Waals surface area contributed by atoms with Gasteiger partial charge >= 0.3 is 0 Å². The number of nitrogens with zero attached hydrogens (tertiary/aromatic N) is 1. The van der Waals surface area contributed by atoms with E-state index in [1.165, 1.54) is 42.3 Å². The Bertz CT molecular complexity index is 570. The normalized spacial score (nSPS) is 19.3. The second-order valence-corrected chi connectivity index (χ2v) is 5.88. The second kappa shape index (κ2) is 5.94. The predicted molar refractivity (Wildman–Crippen MR) is 86.0 cm³/mol. The van der Waals surface area contributed by atoms with Gasteiger partial charge in [0.15, 0.2) is 0 Å². The molecule has 2 nitrogen and oxygen atoms in total. The van der Waals surface area contributed by atoms with Crippen molar-refractivity contribution in [2.45, 2.75) is 31.8 Å². The van der Waals surface area contributed by atoms with E-state index in [0.29, 0.717) is 12.1 Å². The summed E-state index contributed by atoms with van der Waals surface area (Å²) in [6, 6.07) is 16.7. The Morgan fingerprint density at radius 2 is 1.75 bits per heavy atom. The number of benzene rings is 2. The van der Waals surface area contributed by atoms with Gasteiger partial charge in [0.2, 0.25) is 0 Å². The van der Waals surface area contributed by atoms with Crippen molar-refractivity contribution in [1.82, 2.24) is 10.2 Å². The van der Waals surface area contributed by atoms with Crippen LogP contribution in [0.25, 0.3) is 10.8 Å². The maximum Gasteiger partial charge on any atom is 0.0320 e. The van der Waals surface area contributed by atoms with Crippen LogP contribution in [-0.2, 0) is 0 Å². The summed E-state index contributed by atoms with van der Waals surface area (Å²) in [5.74, 6) is 0. The fraction of sp³-hybridized carbons (Fsp3) is 0.444. The first kappa shape index (κ1) is 13.6. The summed E-state index contributed by atoms with van der Waals surface area (Å²) in [5.41, 5.74) is 1.44. The summed E-state index contributed by atoms with van der Waals surface area (Å²) in [4.78, 5) is 2.61. The van der Waals surface area contributed by atoms with E-state index in [0.717, 1.165) is 0 Å². The molecular weight excluding hydrogens is 244 g/mol. The van der Waals surface area contributed by atoms with E-state index in [2.05, 4.69) is 66.7 Å². The third-order valence-electron chi connectivity index (χ3n) is 4.74. The maximum absolute atomic E-state index is 3.40. The first-order chi connectivity index (χ1) is 9.78. The highest BCUT2D eigenvalue weighted by Crippen LogP contribution is 2.26. The van der Waals surface area contributed by atoms with Gasteiger partial charge in [-0.05, 0) is 49.2 Å². The van der Waals surface area contributed by atoms with Crippen LogP contribution in [0, 0.1) is 0 Å². The van der Waals surface area contributed by atoms with Gasteiger partial charge < -0.3 is 5.32 Å². The van der Waals surface area contributed by atoms with Crippen LogP contribution >= 0.6 is 0 Å². The number of likely N-dealkylation sites (tertiary alicyclic amines) is 1. The zero-order valence-corrected chi connectivity index (χ0v) is 12.5. The highest BCUT2D eigenvalue weighted by molar-refractivity contribution is 5.83. The quantitative estimate of drug-likeness (QED) is 0.915. The lowest BCUT2D eigenvalue weighted by Crippen LogP contribution is -2.42. The van der Waals surface area contributed by atoms with Crippen molar-refractivity contribution < 1.29 is 0 Å². The molecule has 2 aromatic rings. The van der Waals surface area contributed by atoms with Crippen LogP contribution < -0.4 is 5.32 Å². The molecule has 0 saturated carbocycles. The average Bonchev–Trinajstić information content (AvgIpc) is 2.54. The van der Waals surface area contributed by atoms with E-state index in [-0.39, 0.29) is 0 Å². The number of rotatable bonds is 3. The molecule has 1 saturated heterocycles. The van der Waals surface area contributed by atoms with Crippen molar-refractivity contribution in [2.75, 3.05) is 20.1 Å². The molecule has 1 atom stereocenters. The Morgan fingerprint density at radius 1 is 1.05 bits per heavy atom. The first-order valence-electron chi connectivity index (χ1n) is 7.68. The molecule has 1 heterocycles. The van der Waals surface area contributed by atoms with Gasteiger partial charge in [0.1, 0.15) is 0 Å². The van der Waals surface area contributed by atoms with Crippen molar-refractivity contribution in [2.24, 2.45) is 0 Å². The zero-order chi connectivity index (χ0) is 13.9. The monoisotopic (exact) mass is 268 g/mol. The van der Waals surface area contributed by atoms with Gasteiger partial charge in [-0.25, -0.2) is 0 Å². The predicted octanol–water partition coefficient (Wildman–Crippen LogP) is 3.58. The molecule has 3 rings (SSSR count). The molecule has 2 heteroatoms. The van der Waals surface area contributed by atoms with Crippen molar-refractivity contribution in [3.63, 3.8) is 0 Å². The van der Waals surface area contributed by atoms with E-state index >= 15 is 0 Å². The SMILES string of the molecule is CNC1CCN(C(C)c2ccc3ccccc3c2)CC1. The molecule has 1 unspecified atom stereocenters. The molecule has 1 N–H and O–H groups in total. The van der Waals surface area contributed by atoms with Crippen LogP contribution in [-0.4, -0.2) is 31.1 Å². The van der Waals surface area contributed by atoms with Crippen molar-refractivity contribution in [1.29, 1.82) is 0 Å². The van der Waals surface area contributed by atoms with Crippen LogP contribution in [0.4, 0.5) is 0 Å². The number of piperidine rings is 1. The molecule has 1 aliphatic heterocycles. The lowest BCUT2D eigenvalue weighted by atomic mass is 9.98. The summed E-state index contributed by atoms with van der Waals surface area (Å²) >= 11 is 0. The fourth-order valence-corrected chi connectivity index (χ4v) is 3.25. The van der Waals surface area contributed by atoms with Crippen LogP contribution in [0.15, 0.2) is 42.5 Å². The largest absolute Gasteiger partial charge is 0.317 e. The molecule has 0 radical (unpaired) electrons. The third-order valence-corrected chi connectivity index (χ3v) is 4.74. The lowest BCUT2D eigenvalue weighted by Gasteiger charge is -2.36. The summed E-state index contributed by atoms with van der Waals surface area (Å²) in [7, 11) is 2.08. The van der Waals surface area contributed by atoms with E-state index in [1.807, 2.05) is 0 Å². The Morgan fingerprint density at radius 3 is 2.45 bits per heavy atom. The number of nitrogens with one attached hydrogen (secondary N) is 1. The molecular formula is C18H24N2. The minimum atomic E-state index is 0.511. The van der Waals surface area contributed by atoms with E-state index in [9.17, 15) is 0 Å². The van der Waals surface area contributed by atoms with Gasteiger partial charge in [-0.15, -0.1) is 0 Å². The summed E-state index contributed by atoms with van der Waals surface area (Å²) in [6.07, 6.45) is 2.52. The Hall–Kier alpha value is -1.38. The van der Waals surface area contributed by atoms with Gasteiger partial charge in [0.05, 0.1) is 0 Å². The highest BCUT2D eigenvalue weighted by Gasteiger charge is 2.22. The molecule has 1 fully saturated rings. The van der Waals surface area contributed by atoms with Gasteiger partial charge in [0.25, 0.3) is 0 Å². The molecule has 0 aliphatic carbocycles. The Balaban J connectivity index is 1.77. The second-order valence-electron chi connectivity index (χ2n) is 5.88. The topological polar surface area (TPSA) is 15.3 Å². The lowest BCUT2D eigenvalue weighted by molar-refractivity contribution is 0.155. The number of hydrogen-bond acceptors (Lipinski definition) is 2. The number of hydrogen-bond donors (Lipinski definition) is 1. The minimum Gasteiger partial charge on any atom is -0.317 e. The molecule has 2 aromatic carbocycles. The third kappa shape index (κ3) is 2.72. The molecule has 0 spiro atoms. The standard InChI is InChI=1S/C18H24N2/c1-14(20-11-9-18(19-2)10-12-20)16-8-7-15-5-3-4-6-17(15)13-16/h3-8,13-14,18-19H,9-12H2,1-2H3. The smallest absolute Gasteiger partial charge is 0.0320 e. The highest BCUT2D eigenvalue weighted by atomic mass is 15.2. The fourth-order valence-electron chi connectivity index (χ4n) is 3.25. The van der Waals surface area contributed by atoms with Gasteiger partial charge in [-0.1, -0.05) is 36.4 Å². The molecule has 20 heavy (non-hydrogen) atoms. The molecule has 0 bridgehead atoms. The zero-order valence-electron chi connectivity index (χ0n) is 12.5. The Labute approximate surface area is 121 Å². The minimum absolute atomic E-state index is 0.511. The van der Waals surface area contributed by atoms with Crippen molar-refractivity contribution in [3.8, 4) is 0 Å². The van der Waals surface area contributed by atoms with Crippen LogP contribution in [0.2, 0.25) is 0 Å². The molecule has 0 aromatic heterocycles. The van der Waals surface area contributed by atoms with Crippen LogP contribution in [0.3, 0.4) is 0 Å². The van der Waals surface area contributed by atoms with Gasteiger partial charge in [-0.2, -0.15) is 0 Å². The summed E-state index contributed by atoms with van der Waals surface area (Å²) < 4.78 is 0. The van der Waals surface area contributed by atoms with E-state index in [1.54, 1.807) is 0 Å². The Kier molecular flexibility index (Phi) is 4.04. The maximum atomic E-state index is 3.40. The molecule has 1 aliphatic rings. The van der Waals surface area contributed by atoms with Crippen LogP contribution in [0.5, 0.6) is 0 Å². The van der Waals surface area contributed by atoms with Crippen molar-refractivity contribution in [3.05, 3.63) is 48.0 Å². The first-order valence-corrected chi connectivity index (χ1v) is 7.68. The average molecular weight is 268 g/mol. The van der Waals surface area contributed by atoms with Crippen molar-refractivity contribution >= 4 is 10.8 Å². The van der Waals surface area contributed by atoms with E-state index < -0.39 is 0 Å². The van der Waals surface area contributed by atoms with Gasteiger partial charge in [-0.3, -0.25) is 4.90 Å². The summed E-state index contributed by atoms with van der Waals surface area (Å²) in [6.45, 7) is 4.73. The molecule has 106 valence electrons.